The van der Waals surface area contributed by atoms with Crippen molar-refractivity contribution in [2.45, 2.75) is 18.9 Å². The van der Waals surface area contributed by atoms with Crippen LogP contribution in [0.2, 0.25) is 0 Å². The maximum Gasteiger partial charge on any atom is 0.322 e. The van der Waals surface area contributed by atoms with Crippen LogP contribution >= 0.6 is 0 Å². The highest BCUT2D eigenvalue weighted by Crippen LogP contribution is 2.20. The highest BCUT2D eigenvalue weighted by atomic mass is 16.5. The minimum absolute atomic E-state index is 0.0331. The van der Waals surface area contributed by atoms with E-state index in [1.807, 2.05) is 12.1 Å². The van der Waals surface area contributed by atoms with E-state index in [4.69, 9.17) is 11.2 Å². The summed E-state index contributed by atoms with van der Waals surface area (Å²) in [6.45, 7) is 1.41. The summed E-state index contributed by atoms with van der Waals surface area (Å²) in [5, 5.41) is 9.25. The molecule has 1 aliphatic heterocycles. The van der Waals surface area contributed by atoms with Crippen molar-refractivity contribution in [3.05, 3.63) is 46.8 Å². The number of anilines is 1. The van der Waals surface area contributed by atoms with Gasteiger partial charge in [0.05, 0.1) is 18.3 Å². The lowest BCUT2D eigenvalue weighted by atomic mass is 10.1. The number of terminal acetylenes is 1. The molecule has 1 aliphatic rings. The van der Waals surface area contributed by atoms with Crippen LogP contribution in [0.3, 0.4) is 0 Å². The molecule has 0 saturated carbocycles. The number of carbonyl (C=O) groups excluding carboxylic acids is 1. The number of nitrogens with zero attached hydrogens (tertiary/aromatic N) is 2. The second kappa shape index (κ2) is 8.32. The zero-order valence-electron chi connectivity index (χ0n) is 14.3. The van der Waals surface area contributed by atoms with Gasteiger partial charge in [0.25, 0.3) is 5.56 Å². The van der Waals surface area contributed by atoms with Crippen molar-refractivity contribution in [1.82, 2.24) is 15.1 Å². The van der Waals surface area contributed by atoms with E-state index in [-0.39, 0.29) is 24.2 Å². The summed E-state index contributed by atoms with van der Waals surface area (Å²) < 4.78 is 5.59. The Hall–Kier alpha value is -3.11. The summed E-state index contributed by atoms with van der Waals surface area (Å²) in [5.41, 5.74) is 1.74. The van der Waals surface area contributed by atoms with Crippen LogP contribution in [0.25, 0.3) is 11.3 Å². The van der Waals surface area contributed by atoms with Gasteiger partial charge in [-0.2, -0.15) is 5.10 Å². The fraction of sp³-hybridized carbons (Fsp3) is 0.316. The third kappa shape index (κ3) is 4.49. The Labute approximate surface area is 151 Å². The Morgan fingerprint density at radius 3 is 3.00 bits per heavy atom. The number of H-pyrrole nitrogens is 1. The third-order valence-electron chi connectivity index (χ3n) is 4.11. The molecule has 1 aromatic carbocycles. The first-order valence-corrected chi connectivity index (χ1v) is 8.43. The van der Waals surface area contributed by atoms with Crippen molar-refractivity contribution >= 4 is 11.7 Å². The molecule has 1 unspecified atom stereocenters. The molecule has 2 heterocycles. The molecule has 2 aromatic rings. The predicted octanol–water partition coefficient (Wildman–Crippen LogP) is 2.08. The molecule has 0 radical (unpaired) electrons. The minimum atomic E-state index is -0.273. The number of amides is 2. The number of aromatic nitrogens is 2. The SMILES string of the molecule is C#CCN(CC1CCCO1)C(=O)Nc1cccc(-c2ccc(=O)[nH]n2)c1. The van der Waals surface area contributed by atoms with Crippen LogP contribution < -0.4 is 10.9 Å². The molecular formula is C19H20N4O3. The molecule has 2 N–H and O–H groups in total. The maximum atomic E-state index is 12.6. The number of nitrogens with one attached hydrogen (secondary N) is 2. The topological polar surface area (TPSA) is 87.3 Å². The molecule has 26 heavy (non-hydrogen) atoms. The minimum Gasteiger partial charge on any atom is -0.376 e. The van der Waals surface area contributed by atoms with Gasteiger partial charge in [-0.3, -0.25) is 4.79 Å². The molecule has 1 saturated heterocycles. The van der Waals surface area contributed by atoms with Gasteiger partial charge < -0.3 is 15.0 Å². The molecule has 1 atom stereocenters. The van der Waals surface area contributed by atoms with Gasteiger partial charge in [-0.25, -0.2) is 9.89 Å². The summed E-state index contributed by atoms with van der Waals surface area (Å²) in [5.74, 6) is 2.52. The molecular weight excluding hydrogens is 332 g/mol. The van der Waals surface area contributed by atoms with Crippen molar-refractivity contribution in [1.29, 1.82) is 0 Å². The normalized spacial score (nSPS) is 16.0. The first-order chi connectivity index (χ1) is 12.7. The van der Waals surface area contributed by atoms with E-state index in [1.54, 1.807) is 23.1 Å². The van der Waals surface area contributed by atoms with Crippen molar-refractivity contribution < 1.29 is 9.53 Å². The number of ether oxygens (including phenoxy) is 1. The van der Waals surface area contributed by atoms with Crippen LogP contribution in [0.15, 0.2) is 41.2 Å². The standard InChI is InChI=1S/C19H20N4O3/c1-2-10-23(13-16-7-4-11-26-16)19(25)20-15-6-3-5-14(12-15)17-8-9-18(24)22-21-17/h1,3,5-6,8-9,12,16H,4,7,10-11,13H2,(H,20,25)(H,22,24). The van der Waals surface area contributed by atoms with Crippen molar-refractivity contribution in [3.8, 4) is 23.6 Å². The van der Waals surface area contributed by atoms with Crippen LogP contribution in [-0.4, -0.2) is 46.9 Å². The van der Waals surface area contributed by atoms with Crippen molar-refractivity contribution in [3.63, 3.8) is 0 Å². The Balaban J connectivity index is 1.71. The molecule has 0 aliphatic carbocycles. The average Bonchev–Trinajstić information content (AvgIpc) is 3.15. The first-order valence-electron chi connectivity index (χ1n) is 8.43. The number of hydrogen-bond acceptors (Lipinski definition) is 4. The number of urea groups is 1. The Kier molecular flexibility index (Phi) is 5.66. The van der Waals surface area contributed by atoms with E-state index >= 15 is 0 Å². The van der Waals surface area contributed by atoms with E-state index in [9.17, 15) is 9.59 Å². The van der Waals surface area contributed by atoms with E-state index in [0.29, 0.717) is 17.9 Å². The quantitative estimate of drug-likeness (QED) is 0.807. The summed E-state index contributed by atoms with van der Waals surface area (Å²) in [4.78, 5) is 25.3. The number of carbonyl (C=O) groups is 1. The van der Waals surface area contributed by atoms with Gasteiger partial charge in [0.15, 0.2) is 0 Å². The molecule has 7 nitrogen and oxygen atoms in total. The smallest absolute Gasteiger partial charge is 0.322 e. The van der Waals surface area contributed by atoms with E-state index < -0.39 is 0 Å². The third-order valence-corrected chi connectivity index (χ3v) is 4.11. The molecule has 134 valence electrons. The summed E-state index contributed by atoms with van der Waals surface area (Å²) >= 11 is 0. The lowest BCUT2D eigenvalue weighted by molar-refractivity contribution is 0.0868. The fourth-order valence-electron chi connectivity index (χ4n) is 2.83. The Morgan fingerprint density at radius 1 is 1.42 bits per heavy atom. The van der Waals surface area contributed by atoms with Crippen molar-refractivity contribution in [2.24, 2.45) is 0 Å². The number of rotatable bonds is 5. The number of hydrogen-bond donors (Lipinski definition) is 2. The lowest BCUT2D eigenvalue weighted by Gasteiger charge is -2.23. The highest BCUT2D eigenvalue weighted by molar-refractivity contribution is 5.90. The van der Waals surface area contributed by atoms with E-state index in [0.717, 1.165) is 25.0 Å². The van der Waals surface area contributed by atoms with E-state index in [1.165, 1.54) is 6.07 Å². The molecule has 2 amide bonds. The van der Waals surface area contributed by atoms with Gasteiger partial charge >= 0.3 is 6.03 Å². The second-order valence-electron chi connectivity index (χ2n) is 6.04. The zero-order chi connectivity index (χ0) is 18.4. The molecule has 1 aromatic heterocycles. The summed E-state index contributed by atoms with van der Waals surface area (Å²) in [6.07, 6.45) is 7.37. The average molecular weight is 352 g/mol. The zero-order valence-corrected chi connectivity index (χ0v) is 14.3. The van der Waals surface area contributed by atoms with Gasteiger partial charge in [-0.15, -0.1) is 6.42 Å². The Bertz CT molecular complexity index is 845. The highest BCUT2D eigenvalue weighted by Gasteiger charge is 2.22. The fourth-order valence-corrected chi connectivity index (χ4v) is 2.83. The second-order valence-corrected chi connectivity index (χ2v) is 6.04. The van der Waals surface area contributed by atoms with Gasteiger partial charge in [0, 0.05) is 30.5 Å². The lowest BCUT2D eigenvalue weighted by Crippen LogP contribution is -2.40. The van der Waals surface area contributed by atoms with Crippen molar-refractivity contribution in [2.75, 3.05) is 25.0 Å². The molecule has 7 heteroatoms. The van der Waals surface area contributed by atoms with Gasteiger partial charge in [0.2, 0.25) is 0 Å². The monoisotopic (exact) mass is 352 g/mol. The molecule has 1 fully saturated rings. The van der Waals surface area contributed by atoms with Gasteiger partial charge in [-0.05, 0) is 31.0 Å². The van der Waals surface area contributed by atoms with Gasteiger partial charge in [-0.1, -0.05) is 18.1 Å². The molecule has 0 bridgehead atoms. The maximum absolute atomic E-state index is 12.6. The van der Waals surface area contributed by atoms with E-state index in [2.05, 4.69) is 21.4 Å². The summed E-state index contributed by atoms with van der Waals surface area (Å²) in [6, 6.07) is 9.99. The number of aromatic amines is 1. The summed E-state index contributed by atoms with van der Waals surface area (Å²) in [7, 11) is 0. The van der Waals surface area contributed by atoms with Crippen LogP contribution in [0.5, 0.6) is 0 Å². The van der Waals surface area contributed by atoms with Crippen LogP contribution in [0, 0.1) is 12.3 Å². The molecule has 0 spiro atoms. The van der Waals surface area contributed by atoms with Crippen LogP contribution in [0.1, 0.15) is 12.8 Å². The van der Waals surface area contributed by atoms with Crippen LogP contribution in [-0.2, 0) is 4.74 Å². The number of benzene rings is 1. The largest absolute Gasteiger partial charge is 0.376 e. The Morgan fingerprint density at radius 2 is 2.31 bits per heavy atom. The predicted molar refractivity (Wildman–Crippen MR) is 98.7 cm³/mol. The first kappa shape index (κ1) is 17.7. The van der Waals surface area contributed by atoms with Crippen LogP contribution in [0.4, 0.5) is 10.5 Å². The molecule has 3 rings (SSSR count). The van der Waals surface area contributed by atoms with Gasteiger partial charge in [0.1, 0.15) is 0 Å².